The van der Waals surface area contributed by atoms with Crippen molar-refractivity contribution in [3.63, 3.8) is 0 Å². The molecule has 4 aromatic carbocycles. The molecule has 0 bridgehead atoms. The number of nitrogens with one attached hydrogen (secondary N) is 6. The van der Waals surface area contributed by atoms with E-state index in [9.17, 15) is 0 Å². The minimum atomic E-state index is 0.0895. The topological polar surface area (TPSA) is 224 Å². The smallest absolute Gasteiger partial charge is 0.188 e. The number of thioether (sulfide) groups is 3. The van der Waals surface area contributed by atoms with E-state index in [2.05, 4.69) is 81.8 Å². The number of aromatic nitrogens is 3. The van der Waals surface area contributed by atoms with Crippen molar-refractivity contribution in [3.8, 4) is 44.9 Å². The zero-order valence-corrected chi connectivity index (χ0v) is 47.0. The number of aryl methyl sites for hydroxylation is 1. The van der Waals surface area contributed by atoms with E-state index in [1.807, 2.05) is 109 Å². The SMILES string of the molecule is CSc1sc(C(=N)N)cc1Nc1nc(-c2ccc(-c3ccccc3)cc2)cs1.CSc1sc(C(=N)N)cc1Nc1nc(-c2ccccc2)c(C)s1.CSc1sc(C(=N)N)cc1Nc1nc(-c2ccccc2)cs1. The highest BCUT2D eigenvalue weighted by molar-refractivity contribution is 8.01. The van der Waals surface area contributed by atoms with Crippen LogP contribution in [-0.2, 0) is 0 Å². The highest BCUT2D eigenvalue weighted by Crippen LogP contribution is 2.41. The van der Waals surface area contributed by atoms with E-state index in [0.29, 0.717) is 0 Å². The third-order valence-electron chi connectivity index (χ3n) is 10.4. The van der Waals surface area contributed by atoms with Gasteiger partial charge in [0.15, 0.2) is 15.4 Å². The largest absolute Gasteiger partial charge is 0.383 e. The fourth-order valence-corrected chi connectivity index (χ4v) is 14.1. The first kappa shape index (κ1) is 53.0. The summed E-state index contributed by atoms with van der Waals surface area (Å²) in [7, 11) is 0. The van der Waals surface area contributed by atoms with Crippen LogP contribution in [0.1, 0.15) is 19.5 Å². The minimum Gasteiger partial charge on any atom is -0.383 e. The summed E-state index contributed by atoms with van der Waals surface area (Å²) < 4.78 is 3.29. The van der Waals surface area contributed by atoms with E-state index >= 15 is 0 Å². The van der Waals surface area contributed by atoms with Gasteiger partial charge in [0.05, 0.1) is 61.4 Å². The Labute approximate surface area is 460 Å². The molecular formula is C52H48N12S9. The second-order valence-corrected chi connectivity index (χ2v) is 24.6. The van der Waals surface area contributed by atoms with Gasteiger partial charge in [0.1, 0.15) is 17.5 Å². The molecule has 10 aromatic rings. The Hall–Kier alpha value is -6.27. The van der Waals surface area contributed by atoms with Crippen molar-refractivity contribution in [2.75, 3.05) is 34.7 Å². The van der Waals surface area contributed by atoms with Crippen molar-refractivity contribution in [3.05, 3.63) is 164 Å². The summed E-state index contributed by atoms with van der Waals surface area (Å²) in [5.41, 5.74) is 28.3. The summed E-state index contributed by atoms with van der Waals surface area (Å²) in [5.74, 6) is 0.280. The molecule has 0 amide bonds. The van der Waals surface area contributed by atoms with Crippen LogP contribution in [0.25, 0.3) is 44.9 Å². The number of benzene rings is 4. The molecule has 0 aliphatic carbocycles. The molecule has 370 valence electrons. The fraction of sp³-hybridized carbons (Fsp3) is 0.0769. The van der Waals surface area contributed by atoms with Crippen molar-refractivity contribution < 1.29 is 0 Å². The van der Waals surface area contributed by atoms with Crippen LogP contribution in [0.4, 0.5) is 32.5 Å². The number of thiazole rings is 3. The second-order valence-electron chi connectivity index (χ2n) is 15.3. The zero-order valence-electron chi connectivity index (χ0n) is 39.6. The van der Waals surface area contributed by atoms with Crippen molar-refractivity contribution in [1.29, 1.82) is 16.2 Å². The fourth-order valence-electron chi connectivity index (χ4n) is 6.90. The van der Waals surface area contributed by atoms with Gasteiger partial charge in [-0.2, -0.15) is 0 Å². The lowest BCUT2D eigenvalue weighted by Gasteiger charge is -2.03. The van der Waals surface area contributed by atoms with Crippen LogP contribution in [0.15, 0.2) is 157 Å². The Morgan fingerprint density at radius 1 is 0.438 bits per heavy atom. The molecular weight excluding hydrogens is 1080 g/mol. The van der Waals surface area contributed by atoms with Crippen molar-refractivity contribution >= 4 is 153 Å². The third kappa shape index (κ3) is 13.7. The van der Waals surface area contributed by atoms with Gasteiger partial charge >= 0.3 is 0 Å². The summed E-state index contributed by atoms with van der Waals surface area (Å²) in [5, 5.41) is 39.5. The Morgan fingerprint density at radius 2 is 0.781 bits per heavy atom. The number of nitrogens with two attached hydrogens (primary N) is 3. The lowest BCUT2D eigenvalue weighted by atomic mass is 10.0. The molecule has 0 aliphatic rings. The van der Waals surface area contributed by atoms with E-state index in [1.54, 1.807) is 69.3 Å². The van der Waals surface area contributed by atoms with Gasteiger partial charge in [-0.15, -0.1) is 103 Å². The first-order valence-corrected chi connectivity index (χ1v) is 30.6. The average Bonchev–Trinajstić information content (AvgIpc) is 4.30. The number of hydrogen-bond donors (Lipinski definition) is 9. The van der Waals surface area contributed by atoms with E-state index in [0.717, 1.165) is 93.5 Å². The predicted molar refractivity (Wildman–Crippen MR) is 324 cm³/mol. The Kier molecular flexibility index (Phi) is 18.2. The van der Waals surface area contributed by atoms with E-state index < -0.39 is 0 Å². The van der Waals surface area contributed by atoms with Crippen LogP contribution in [0.3, 0.4) is 0 Å². The molecule has 12 N–H and O–H groups in total. The lowest BCUT2D eigenvalue weighted by Crippen LogP contribution is -2.08. The highest BCUT2D eigenvalue weighted by Gasteiger charge is 2.17. The van der Waals surface area contributed by atoms with Crippen molar-refractivity contribution in [2.45, 2.75) is 19.6 Å². The number of amidine groups is 3. The Morgan fingerprint density at radius 3 is 1.18 bits per heavy atom. The molecule has 6 heterocycles. The second kappa shape index (κ2) is 25.1. The molecule has 0 fully saturated rings. The van der Waals surface area contributed by atoms with Gasteiger partial charge in [-0.1, -0.05) is 115 Å². The first-order valence-electron chi connectivity index (χ1n) is 21.9. The maximum atomic E-state index is 7.63. The molecule has 0 radical (unpaired) electrons. The molecule has 12 nitrogen and oxygen atoms in total. The van der Waals surface area contributed by atoms with Gasteiger partial charge in [-0.25, -0.2) is 15.0 Å². The number of thiophene rings is 3. The molecule has 0 unspecified atom stereocenters. The lowest BCUT2D eigenvalue weighted by molar-refractivity contribution is 1.35. The van der Waals surface area contributed by atoms with Gasteiger partial charge in [-0.05, 0) is 55.0 Å². The van der Waals surface area contributed by atoms with Crippen LogP contribution in [-0.4, -0.2) is 51.2 Å². The summed E-state index contributed by atoms with van der Waals surface area (Å²) >= 11 is 14.2. The van der Waals surface area contributed by atoms with Gasteiger partial charge < -0.3 is 33.2 Å². The summed E-state index contributed by atoms with van der Waals surface area (Å²) in [6.45, 7) is 2.08. The minimum absolute atomic E-state index is 0.0895. The Balaban J connectivity index is 0.000000148. The number of nitrogens with zero attached hydrogens (tertiary/aromatic N) is 3. The first-order chi connectivity index (χ1) is 35.4. The molecule has 0 saturated heterocycles. The molecule has 0 aliphatic heterocycles. The van der Waals surface area contributed by atoms with E-state index in [-0.39, 0.29) is 17.5 Å². The molecule has 0 saturated carbocycles. The van der Waals surface area contributed by atoms with Crippen LogP contribution in [0, 0.1) is 23.2 Å². The van der Waals surface area contributed by atoms with E-state index in [4.69, 9.17) is 43.4 Å². The molecule has 10 rings (SSSR count). The van der Waals surface area contributed by atoms with Gasteiger partial charge in [0, 0.05) is 32.3 Å². The molecule has 73 heavy (non-hydrogen) atoms. The highest BCUT2D eigenvalue weighted by atomic mass is 32.2. The third-order valence-corrected chi connectivity index (χ3v) is 19.7. The van der Waals surface area contributed by atoms with Crippen LogP contribution < -0.4 is 33.2 Å². The normalized spacial score (nSPS) is 10.7. The van der Waals surface area contributed by atoms with Crippen LogP contribution in [0.5, 0.6) is 0 Å². The van der Waals surface area contributed by atoms with Crippen molar-refractivity contribution in [1.82, 2.24) is 15.0 Å². The standard InChI is InChI=1S/C21H18N4S3.C16H16N4S3.C15H14N4S3/c1-26-20-16(11-18(28-20)19(22)23)24-21-25-17(12-27-21)15-9-7-14(8-10-15)13-5-3-2-4-6-13;1-9-13(10-6-4-3-5-7-10)20-16(22-9)19-11-8-12(14(17)18)23-15(11)21-2;1-20-14-10(7-12(22-14)13(16)17)18-15-19-11(8-21-15)9-5-3-2-4-6-9/h2-12H,1H3,(H3,22,23)(H,24,25);3-8H,1-2H3,(H3,17,18)(H,19,20);2-8H,1H3,(H3,16,17)(H,18,19). The van der Waals surface area contributed by atoms with Crippen LogP contribution in [0.2, 0.25) is 0 Å². The zero-order chi connectivity index (χ0) is 51.4. The maximum Gasteiger partial charge on any atom is 0.188 e. The monoisotopic (exact) mass is 1130 g/mol. The van der Waals surface area contributed by atoms with E-state index in [1.165, 1.54) is 50.0 Å². The van der Waals surface area contributed by atoms with Gasteiger partial charge in [0.25, 0.3) is 0 Å². The molecule has 21 heteroatoms. The Bertz CT molecular complexity index is 3450. The number of nitrogen functional groups attached to an aromatic ring is 3. The number of anilines is 6. The molecule has 0 atom stereocenters. The summed E-state index contributed by atoms with van der Waals surface area (Å²) in [4.78, 5) is 17.5. The number of rotatable bonds is 16. The molecule has 6 aromatic heterocycles. The summed E-state index contributed by atoms with van der Waals surface area (Å²) in [6.07, 6.45) is 6.05. The van der Waals surface area contributed by atoms with Gasteiger partial charge in [0.2, 0.25) is 0 Å². The maximum absolute atomic E-state index is 7.63. The summed E-state index contributed by atoms with van der Waals surface area (Å²) in [6, 6.07) is 44.8. The van der Waals surface area contributed by atoms with Crippen molar-refractivity contribution in [2.24, 2.45) is 17.2 Å². The predicted octanol–water partition coefficient (Wildman–Crippen LogP) is 15.8. The quantitative estimate of drug-likeness (QED) is 0.0250. The van der Waals surface area contributed by atoms with Crippen LogP contribution >= 0.6 is 103 Å². The number of hydrogen-bond acceptors (Lipinski definition) is 18. The molecule has 0 spiro atoms. The van der Waals surface area contributed by atoms with Gasteiger partial charge in [-0.3, -0.25) is 16.2 Å². The average molecular weight is 1130 g/mol.